The molecule has 70 valence electrons. The van der Waals surface area contributed by atoms with E-state index in [0.29, 0.717) is 5.41 Å². The summed E-state index contributed by atoms with van der Waals surface area (Å²) in [4.78, 5) is 0. The topological polar surface area (TPSA) is 0 Å². The molecule has 0 nitrogen and oxygen atoms in total. The molecule has 13 heavy (non-hydrogen) atoms. The standard InChI is InChI=1S/C13H18/c1-3-13(8-9-13)10-12-7-5-4-6-11(12)2/h4-7H,3,8-10H2,1-2H3. The Hall–Kier alpha value is -0.780. The summed E-state index contributed by atoms with van der Waals surface area (Å²) in [6, 6.07) is 8.80. The minimum Gasteiger partial charge on any atom is -0.0648 e. The van der Waals surface area contributed by atoms with Gasteiger partial charge in [0.1, 0.15) is 0 Å². The average molecular weight is 174 g/mol. The Morgan fingerprint density at radius 1 is 1.23 bits per heavy atom. The zero-order valence-electron chi connectivity index (χ0n) is 8.64. The zero-order chi connectivity index (χ0) is 9.31. The summed E-state index contributed by atoms with van der Waals surface area (Å²) >= 11 is 0. The van der Waals surface area contributed by atoms with Gasteiger partial charge >= 0.3 is 0 Å². The lowest BCUT2D eigenvalue weighted by Crippen LogP contribution is -2.04. The van der Waals surface area contributed by atoms with Crippen molar-refractivity contribution >= 4 is 0 Å². The molecule has 1 saturated carbocycles. The minimum atomic E-state index is 0.687. The first-order valence-corrected chi connectivity index (χ1v) is 5.30. The van der Waals surface area contributed by atoms with Crippen LogP contribution in [0.5, 0.6) is 0 Å². The minimum absolute atomic E-state index is 0.687. The van der Waals surface area contributed by atoms with Gasteiger partial charge < -0.3 is 0 Å². The van der Waals surface area contributed by atoms with E-state index in [0.717, 1.165) is 0 Å². The van der Waals surface area contributed by atoms with Crippen LogP contribution >= 0.6 is 0 Å². The highest BCUT2D eigenvalue weighted by molar-refractivity contribution is 5.27. The van der Waals surface area contributed by atoms with E-state index >= 15 is 0 Å². The molecule has 0 radical (unpaired) electrons. The Bertz CT molecular complexity index is 295. The molecule has 2 rings (SSSR count). The Labute approximate surface area is 81.0 Å². The van der Waals surface area contributed by atoms with Gasteiger partial charge in [0.2, 0.25) is 0 Å². The number of benzene rings is 1. The van der Waals surface area contributed by atoms with Crippen molar-refractivity contribution in [2.45, 2.75) is 39.5 Å². The van der Waals surface area contributed by atoms with Gasteiger partial charge in [-0.1, -0.05) is 37.6 Å². The van der Waals surface area contributed by atoms with Crippen LogP contribution in [0.4, 0.5) is 0 Å². The fraction of sp³-hybridized carbons (Fsp3) is 0.538. The van der Waals surface area contributed by atoms with E-state index in [1.807, 2.05) is 0 Å². The molecule has 0 amide bonds. The van der Waals surface area contributed by atoms with Crippen molar-refractivity contribution in [2.24, 2.45) is 5.41 Å². The maximum absolute atomic E-state index is 2.32. The first-order valence-electron chi connectivity index (χ1n) is 5.30. The molecular weight excluding hydrogens is 156 g/mol. The second-order valence-electron chi connectivity index (χ2n) is 4.46. The lowest BCUT2D eigenvalue weighted by Gasteiger charge is -2.13. The summed E-state index contributed by atoms with van der Waals surface area (Å²) in [5, 5.41) is 0. The Morgan fingerprint density at radius 3 is 2.46 bits per heavy atom. The van der Waals surface area contributed by atoms with Crippen molar-refractivity contribution in [1.82, 2.24) is 0 Å². The van der Waals surface area contributed by atoms with Crippen LogP contribution < -0.4 is 0 Å². The highest BCUT2D eigenvalue weighted by atomic mass is 14.4. The zero-order valence-corrected chi connectivity index (χ0v) is 8.64. The number of aryl methyl sites for hydroxylation is 1. The van der Waals surface area contributed by atoms with Gasteiger partial charge in [-0.05, 0) is 42.7 Å². The van der Waals surface area contributed by atoms with Gasteiger partial charge in [-0.25, -0.2) is 0 Å². The maximum Gasteiger partial charge on any atom is -0.0219 e. The lowest BCUT2D eigenvalue weighted by molar-refractivity contribution is 0.487. The van der Waals surface area contributed by atoms with E-state index in [1.54, 1.807) is 5.56 Å². The summed E-state index contributed by atoms with van der Waals surface area (Å²) in [6.45, 7) is 4.55. The van der Waals surface area contributed by atoms with E-state index < -0.39 is 0 Å². The van der Waals surface area contributed by atoms with Gasteiger partial charge in [0, 0.05) is 0 Å². The van der Waals surface area contributed by atoms with Crippen LogP contribution in [0.1, 0.15) is 37.3 Å². The van der Waals surface area contributed by atoms with E-state index in [9.17, 15) is 0 Å². The van der Waals surface area contributed by atoms with Crippen molar-refractivity contribution in [2.75, 3.05) is 0 Å². The number of hydrogen-bond donors (Lipinski definition) is 0. The van der Waals surface area contributed by atoms with Gasteiger partial charge in [-0.2, -0.15) is 0 Å². The van der Waals surface area contributed by atoms with Crippen molar-refractivity contribution in [3.05, 3.63) is 35.4 Å². The smallest absolute Gasteiger partial charge is 0.0219 e. The normalized spacial score (nSPS) is 18.6. The Morgan fingerprint density at radius 2 is 1.92 bits per heavy atom. The van der Waals surface area contributed by atoms with Crippen LogP contribution in [0.25, 0.3) is 0 Å². The molecule has 0 unspecified atom stereocenters. The highest BCUT2D eigenvalue weighted by Crippen LogP contribution is 2.51. The fourth-order valence-corrected chi connectivity index (χ4v) is 2.04. The summed E-state index contributed by atoms with van der Waals surface area (Å²) in [5.41, 5.74) is 3.70. The van der Waals surface area contributed by atoms with Crippen LogP contribution in [-0.4, -0.2) is 0 Å². The molecule has 0 aromatic heterocycles. The van der Waals surface area contributed by atoms with Crippen LogP contribution in [0.15, 0.2) is 24.3 Å². The predicted octanol–water partition coefficient (Wildman–Crippen LogP) is 3.73. The molecule has 0 atom stereocenters. The largest absolute Gasteiger partial charge is 0.0648 e. The molecule has 0 bridgehead atoms. The van der Waals surface area contributed by atoms with Gasteiger partial charge in [-0.3, -0.25) is 0 Å². The van der Waals surface area contributed by atoms with Gasteiger partial charge in [-0.15, -0.1) is 0 Å². The maximum atomic E-state index is 2.32. The second kappa shape index (κ2) is 3.17. The summed E-state index contributed by atoms with van der Waals surface area (Å²) in [5.74, 6) is 0. The molecule has 1 aromatic carbocycles. The van der Waals surface area contributed by atoms with Crippen molar-refractivity contribution in [1.29, 1.82) is 0 Å². The monoisotopic (exact) mass is 174 g/mol. The van der Waals surface area contributed by atoms with E-state index in [1.165, 1.54) is 31.2 Å². The van der Waals surface area contributed by atoms with Gasteiger partial charge in [0.15, 0.2) is 0 Å². The average Bonchev–Trinajstić information content (AvgIpc) is 2.90. The fourth-order valence-electron chi connectivity index (χ4n) is 2.04. The Kier molecular flexibility index (Phi) is 2.15. The quantitative estimate of drug-likeness (QED) is 0.655. The lowest BCUT2D eigenvalue weighted by atomic mass is 9.92. The first kappa shape index (κ1) is 8.80. The van der Waals surface area contributed by atoms with Crippen molar-refractivity contribution < 1.29 is 0 Å². The van der Waals surface area contributed by atoms with Gasteiger partial charge in [0.05, 0.1) is 0 Å². The first-order chi connectivity index (χ1) is 6.26. The molecule has 0 aliphatic heterocycles. The Balaban J connectivity index is 2.14. The van der Waals surface area contributed by atoms with Crippen LogP contribution in [-0.2, 0) is 6.42 Å². The summed E-state index contributed by atoms with van der Waals surface area (Å²) < 4.78 is 0. The molecule has 1 aromatic rings. The molecule has 0 saturated heterocycles. The third kappa shape index (κ3) is 1.77. The molecule has 0 heterocycles. The molecule has 1 aliphatic carbocycles. The van der Waals surface area contributed by atoms with E-state index in [-0.39, 0.29) is 0 Å². The summed E-state index contributed by atoms with van der Waals surface area (Å²) in [6.07, 6.45) is 5.53. The van der Waals surface area contributed by atoms with E-state index in [4.69, 9.17) is 0 Å². The number of rotatable bonds is 3. The predicted molar refractivity (Wildman–Crippen MR) is 56.8 cm³/mol. The molecule has 0 spiro atoms. The van der Waals surface area contributed by atoms with Crippen LogP contribution in [0.3, 0.4) is 0 Å². The third-order valence-electron chi connectivity index (χ3n) is 3.53. The van der Waals surface area contributed by atoms with Crippen molar-refractivity contribution in [3.63, 3.8) is 0 Å². The molecular formula is C13H18. The van der Waals surface area contributed by atoms with Gasteiger partial charge in [0.25, 0.3) is 0 Å². The second-order valence-corrected chi connectivity index (χ2v) is 4.46. The van der Waals surface area contributed by atoms with Crippen molar-refractivity contribution in [3.8, 4) is 0 Å². The summed E-state index contributed by atoms with van der Waals surface area (Å²) in [7, 11) is 0. The molecule has 1 aliphatic rings. The third-order valence-corrected chi connectivity index (χ3v) is 3.53. The molecule has 0 heteroatoms. The van der Waals surface area contributed by atoms with E-state index in [2.05, 4.69) is 38.1 Å². The number of hydrogen-bond acceptors (Lipinski definition) is 0. The van der Waals surface area contributed by atoms with Crippen LogP contribution in [0.2, 0.25) is 0 Å². The SMILES string of the molecule is CCC1(Cc2ccccc2C)CC1. The molecule has 1 fully saturated rings. The highest BCUT2D eigenvalue weighted by Gasteiger charge is 2.40. The molecule has 0 N–H and O–H groups in total. The van der Waals surface area contributed by atoms with Crippen LogP contribution in [0, 0.1) is 12.3 Å².